The zero-order valence-corrected chi connectivity index (χ0v) is 31.4. The highest BCUT2D eigenvalue weighted by molar-refractivity contribution is 5.87. The van der Waals surface area contributed by atoms with Crippen molar-refractivity contribution in [2.45, 2.75) is 61.5 Å². The number of aliphatic hydroxyl groups excluding tert-OH is 1. The van der Waals surface area contributed by atoms with Crippen LogP contribution >= 0.6 is 0 Å². The molecule has 3 N–H and O–H groups in total. The molecular formula is C40H42N8O6. The first-order valence-corrected chi connectivity index (χ1v) is 17.5. The van der Waals surface area contributed by atoms with Crippen LogP contribution in [-0.4, -0.2) is 69.4 Å². The number of nitrogens with zero attached hydrogens (tertiary/aromatic N) is 6. The predicted octanol–water partition coefficient (Wildman–Crippen LogP) is 7.58. The molecule has 0 aliphatic rings. The molecule has 2 aromatic carbocycles. The number of aromatic amines is 2. The van der Waals surface area contributed by atoms with E-state index >= 15 is 0 Å². The van der Waals surface area contributed by atoms with Crippen molar-refractivity contribution in [2.24, 2.45) is 0 Å². The Kier molecular flexibility index (Phi) is 9.69. The van der Waals surface area contributed by atoms with Crippen LogP contribution in [0.4, 0.5) is 0 Å². The standard InChI is InChI=1S/C20H22N4O3.C20H20N4O3/c2*1-11-7-15-13(3)17(6-5-16(15)23-11)27-20-19-14(4)18(26-9-12(2)25)8-24(19)22-10-21-20/h5-8,10,12,23,25H,9H2,1-4H3;5-8,10,23H,9H2,1-4H3/t12-;/m1./s1. The number of fused-ring (bicyclic) bond motifs is 4. The molecule has 54 heavy (non-hydrogen) atoms. The molecule has 14 nitrogen and oxygen atoms in total. The molecule has 0 saturated heterocycles. The van der Waals surface area contributed by atoms with Crippen molar-refractivity contribution in [3.63, 3.8) is 0 Å². The molecular weight excluding hydrogens is 688 g/mol. The van der Waals surface area contributed by atoms with Gasteiger partial charge in [0.2, 0.25) is 11.8 Å². The summed E-state index contributed by atoms with van der Waals surface area (Å²) in [6.45, 7) is 15.3. The molecule has 0 spiro atoms. The van der Waals surface area contributed by atoms with E-state index in [-0.39, 0.29) is 19.0 Å². The van der Waals surface area contributed by atoms with E-state index in [0.717, 1.165) is 72.5 Å². The Balaban J connectivity index is 0.000000167. The summed E-state index contributed by atoms with van der Waals surface area (Å²) in [6.07, 6.45) is 5.84. The Morgan fingerprint density at radius 2 is 1.17 bits per heavy atom. The maximum atomic E-state index is 11.2. The number of hydrogen-bond donors (Lipinski definition) is 3. The van der Waals surface area contributed by atoms with Gasteiger partial charge in [-0.2, -0.15) is 20.2 Å². The Morgan fingerprint density at radius 3 is 1.61 bits per heavy atom. The van der Waals surface area contributed by atoms with E-state index in [4.69, 9.17) is 18.9 Å². The maximum absolute atomic E-state index is 11.2. The molecule has 6 heterocycles. The summed E-state index contributed by atoms with van der Waals surface area (Å²) < 4.78 is 26.9. The lowest BCUT2D eigenvalue weighted by molar-refractivity contribution is -0.118. The van der Waals surface area contributed by atoms with Crippen LogP contribution in [0.15, 0.2) is 61.4 Å². The number of aliphatic hydroxyl groups is 1. The summed E-state index contributed by atoms with van der Waals surface area (Å²) in [6, 6.07) is 12.1. The van der Waals surface area contributed by atoms with Gasteiger partial charge in [-0.05, 0) is 91.8 Å². The average molecular weight is 731 g/mol. The average Bonchev–Trinajstić information content (AvgIpc) is 3.89. The first kappa shape index (κ1) is 36.0. The quantitative estimate of drug-likeness (QED) is 0.128. The van der Waals surface area contributed by atoms with Crippen molar-refractivity contribution < 1.29 is 28.8 Å². The third-order valence-electron chi connectivity index (χ3n) is 9.13. The highest BCUT2D eigenvalue weighted by Crippen LogP contribution is 2.37. The number of aryl methyl sites for hydroxylation is 6. The van der Waals surface area contributed by atoms with Crippen molar-refractivity contribution in [2.75, 3.05) is 13.2 Å². The Hall–Kier alpha value is -6.41. The normalized spacial score (nSPS) is 11.9. The molecule has 0 fully saturated rings. The first-order chi connectivity index (χ1) is 25.9. The second-order valence-corrected chi connectivity index (χ2v) is 13.5. The lowest BCUT2D eigenvalue weighted by Gasteiger charge is -2.10. The van der Waals surface area contributed by atoms with Gasteiger partial charge in [0, 0.05) is 55.4 Å². The summed E-state index contributed by atoms with van der Waals surface area (Å²) >= 11 is 0. The van der Waals surface area contributed by atoms with Crippen LogP contribution in [0.3, 0.4) is 0 Å². The number of ether oxygens (including phenoxy) is 4. The SMILES string of the molecule is CC(=O)COc1cn2ncnc(Oc3ccc4[nH]c(C)cc4c3C)c2c1C.Cc1cc2c(C)c(Oc3ncnn4cc(OC[C@@H](C)O)c(C)c34)ccc2[nH]1. The van der Waals surface area contributed by atoms with Crippen LogP contribution < -0.4 is 18.9 Å². The van der Waals surface area contributed by atoms with Crippen LogP contribution in [0.5, 0.6) is 34.8 Å². The molecule has 1 atom stereocenters. The van der Waals surface area contributed by atoms with E-state index in [2.05, 4.69) is 42.3 Å². The Bertz CT molecular complexity index is 2670. The van der Waals surface area contributed by atoms with Gasteiger partial charge in [0.25, 0.3) is 0 Å². The van der Waals surface area contributed by atoms with E-state index in [0.29, 0.717) is 28.8 Å². The highest BCUT2D eigenvalue weighted by Gasteiger charge is 2.19. The van der Waals surface area contributed by atoms with E-state index < -0.39 is 6.10 Å². The minimum Gasteiger partial charge on any atom is -0.489 e. The van der Waals surface area contributed by atoms with Crippen LogP contribution in [0.25, 0.3) is 32.8 Å². The van der Waals surface area contributed by atoms with Crippen LogP contribution in [0.2, 0.25) is 0 Å². The maximum Gasteiger partial charge on any atom is 0.247 e. The van der Waals surface area contributed by atoms with E-state index in [9.17, 15) is 9.90 Å². The first-order valence-electron chi connectivity index (χ1n) is 17.5. The second kappa shape index (κ2) is 14.5. The van der Waals surface area contributed by atoms with Crippen LogP contribution in [0, 0.1) is 41.5 Å². The fourth-order valence-corrected chi connectivity index (χ4v) is 6.41. The van der Waals surface area contributed by atoms with E-state index in [1.54, 1.807) is 28.3 Å². The molecule has 14 heteroatoms. The van der Waals surface area contributed by atoms with Crippen LogP contribution in [-0.2, 0) is 4.79 Å². The van der Waals surface area contributed by atoms with Gasteiger partial charge in [-0.3, -0.25) is 4.79 Å². The summed E-state index contributed by atoms with van der Waals surface area (Å²) in [5.41, 5.74) is 9.58. The van der Waals surface area contributed by atoms with Gasteiger partial charge in [-0.1, -0.05) is 0 Å². The zero-order valence-electron chi connectivity index (χ0n) is 31.4. The molecule has 8 aromatic rings. The van der Waals surface area contributed by atoms with Gasteiger partial charge in [0.15, 0.2) is 5.78 Å². The molecule has 0 amide bonds. The summed E-state index contributed by atoms with van der Waals surface area (Å²) in [7, 11) is 0. The monoisotopic (exact) mass is 730 g/mol. The zero-order chi connectivity index (χ0) is 38.3. The molecule has 0 bridgehead atoms. The minimum atomic E-state index is -0.548. The summed E-state index contributed by atoms with van der Waals surface area (Å²) in [5, 5.41) is 20.2. The minimum absolute atomic E-state index is 0.0178. The molecule has 0 unspecified atom stereocenters. The molecule has 6 aromatic heterocycles. The number of carbonyl (C=O) groups is 1. The Morgan fingerprint density at radius 1 is 0.704 bits per heavy atom. The number of Topliss-reactive ketones (excluding diaryl/α,β-unsaturated/α-hetero) is 1. The van der Waals surface area contributed by atoms with Gasteiger partial charge in [-0.25, -0.2) is 9.03 Å². The summed E-state index contributed by atoms with van der Waals surface area (Å²) in [5.74, 6) is 3.57. The van der Waals surface area contributed by atoms with Gasteiger partial charge >= 0.3 is 0 Å². The number of rotatable bonds is 10. The van der Waals surface area contributed by atoms with Gasteiger partial charge in [0.1, 0.15) is 59.9 Å². The number of ketones is 1. The number of nitrogens with one attached hydrogen (secondary N) is 2. The fraction of sp³-hybridized carbons (Fsp3) is 0.275. The van der Waals surface area contributed by atoms with Crippen molar-refractivity contribution in [3.05, 3.63) is 95.1 Å². The van der Waals surface area contributed by atoms with Crippen LogP contribution in [0.1, 0.15) is 47.5 Å². The molecule has 0 aliphatic carbocycles. The molecule has 0 aliphatic heterocycles. The lowest BCUT2D eigenvalue weighted by Crippen LogP contribution is -2.12. The largest absolute Gasteiger partial charge is 0.489 e. The van der Waals surface area contributed by atoms with E-state index in [1.165, 1.54) is 19.6 Å². The molecule has 8 rings (SSSR count). The topological polar surface area (TPSA) is 166 Å². The lowest BCUT2D eigenvalue weighted by atomic mass is 10.1. The molecule has 278 valence electrons. The molecule has 0 radical (unpaired) electrons. The number of aromatic nitrogens is 8. The number of carbonyl (C=O) groups excluding carboxylic acids is 1. The van der Waals surface area contributed by atoms with Crippen molar-refractivity contribution in [1.29, 1.82) is 0 Å². The van der Waals surface area contributed by atoms with E-state index in [1.807, 2.05) is 65.8 Å². The van der Waals surface area contributed by atoms with Crippen molar-refractivity contribution in [1.82, 2.24) is 39.2 Å². The smallest absolute Gasteiger partial charge is 0.247 e. The third kappa shape index (κ3) is 7.03. The van der Waals surface area contributed by atoms with Crippen molar-refractivity contribution in [3.8, 4) is 34.8 Å². The van der Waals surface area contributed by atoms with Crippen molar-refractivity contribution >= 4 is 38.6 Å². The highest BCUT2D eigenvalue weighted by atomic mass is 16.5. The Labute approximate surface area is 310 Å². The number of hydrogen-bond acceptors (Lipinski definition) is 10. The van der Waals surface area contributed by atoms with Gasteiger partial charge in [0.05, 0.1) is 18.5 Å². The third-order valence-corrected chi connectivity index (χ3v) is 9.13. The summed E-state index contributed by atoms with van der Waals surface area (Å²) in [4.78, 5) is 26.5. The molecule has 0 saturated carbocycles. The predicted molar refractivity (Wildman–Crippen MR) is 204 cm³/mol. The number of benzene rings is 2. The number of H-pyrrole nitrogens is 2. The van der Waals surface area contributed by atoms with Gasteiger partial charge in [-0.15, -0.1) is 0 Å². The fourth-order valence-electron chi connectivity index (χ4n) is 6.41. The van der Waals surface area contributed by atoms with Gasteiger partial charge < -0.3 is 34.0 Å². The second-order valence-electron chi connectivity index (χ2n) is 13.5.